The Morgan fingerprint density at radius 1 is 1.30 bits per heavy atom. The number of benzene rings is 1. The summed E-state index contributed by atoms with van der Waals surface area (Å²) < 4.78 is 4.29. The molecule has 20 heavy (non-hydrogen) atoms. The normalized spacial score (nSPS) is 9.65. The van der Waals surface area contributed by atoms with Gasteiger partial charge in [0.05, 0.1) is 12.0 Å². The third-order valence-corrected chi connectivity index (χ3v) is 2.41. The first kappa shape index (κ1) is 15.3. The lowest BCUT2D eigenvalue weighted by atomic mass is 10.1. The summed E-state index contributed by atoms with van der Waals surface area (Å²) in [6.45, 7) is -0.433. The molecular formula is C12H12N2O6. The van der Waals surface area contributed by atoms with E-state index in [-0.39, 0.29) is 11.3 Å². The predicted molar refractivity (Wildman–Crippen MR) is 66.8 cm³/mol. The number of carbonyl (C=O) groups is 3. The molecule has 0 aromatic heterocycles. The number of nitro groups is 1. The van der Waals surface area contributed by atoms with Crippen molar-refractivity contribution in [1.29, 1.82) is 0 Å². The number of methoxy groups -OCH3 is 1. The highest BCUT2D eigenvalue weighted by Crippen LogP contribution is 2.18. The van der Waals surface area contributed by atoms with Crippen molar-refractivity contribution in [1.82, 2.24) is 5.32 Å². The molecular weight excluding hydrogens is 268 g/mol. The first-order valence-electron chi connectivity index (χ1n) is 5.56. The van der Waals surface area contributed by atoms with Gasteiger partial charge in [-0.3, -0.25) is 24.5 Å². The Morgan fingerprint density at radius 3 is 2.55 bits per heavy atom. The molecule has 1 amide bonds. The van der Waals surface area contributed by atoms with Crippen molar-refractivity contribution < 1.29 is 24.0 Å². The summed E-state index contributed by atoms with van der Waals surface area (Å²) in [6.07, 6.45) is -0.413. The van der Waals surface area contributed by atoms with Crippen molar-refractivity contribution in [3.63, 3.8) is 0 Å². The highest BCUT2D eigenvalue weighted by atomic mass is 16.6. The quantitative estimate of drug-likeness (QED) is 0.339. The van der Waals surface area contributed by atoms with Crippen LogP contribution >= 0.6 is 0 Å². The van der Waals surface area contributed by atoms with Crippen molar-refractivity contribution in [3.05, 3.63) is 39.9 Å². The van der Waals surface area contributed by atoms with Gasteiger partial charge in [-0.15, -0.1) is 0 Å². The number of esters is 1. The molecule has 0 heterocycles. The second-order valence-corrected chi connectivity index (χ2v) is 3.74. The van der Waals surface area contributed by atoms with Crippen LogP contribution in [0.15, 0.2) is 24.3 Å². The van der Waals surface area contributed by atoms with Crippen LogP contribution < -0.4 is 5.32 Å². The minimum atomic E-state index is -0.992. The molecule has 1 aromatic carbocycles. The summed E-state index contributed by atoms with van der Waals surface area (Å²) >= 11 is 0. The minimum absolute atomic E-state index is 0.135. The van der Waals surface area contributed by atoms with E-state index in [1.165, 1.54) is 24.3 Å². The van der Waals surface area contributed by atoms with E-state index < -0.39 is 35.5 Å². The molecule has 0 saturated heterocycles. The van der Waals surface area contributed by atoms with Gasteiger partial charge in [-0.1, -0.05) is 18.2 Å². The van der Waals surface area contributed by atoms with Gasteiger partial charge in [0, 0.05) is 18.1 Å². The molecule has 106 valence electrons. The van der Waals surface area contributed by atoms with Crippen LogP contribution in [0.3, 0.4) is 0 Å². The Balaban J connectivity index is 2.69. The molecule has 0 aliphatic rings. The lowest BCUT2D eigenvalue weighted by Gasteiger charge is -2.04. The minimum Gasteiger partial charge on any atom is -0.468 e. The molecule has 8 nitrogen and oxygen atoms in total. The number of nitrogens with one attached hydrogen (secondary N) is 1. The second-order valence-electron chi connectivity index (χ2n) is 3.74. The SMILES string of the molecule is COC(=O)CNC(=O)C(=O)Cc1ccccc1[N+](=O)[O-]. The lowest BCUT2D eigenvalue weighted by molar-refractivity contribution is -0.385. The molecule has 1 N–H and O–H groups in total. The van der Waals surface area contributed by atoms with Gasteiger partial charge in [0.1, 0.15) is 6.54 Å². The molecule has 8 heteroatoms. The fourth-order valence-corrected chi connectivity index (χ4v) is 1.41. The van der Waals surface area contributed by atoms with Gasteiger partial charge in [-0.2, -0.15) is 0 Å². The number of ether oxygens (including phenoxy) is 1. The molecule has 0 aliphatic heterocycles. The summed E-state index contributed by atoms with van der Waals surface area (Å²) in [4.78, 5) is 43.9. The maximum Gasteiger partial charge on any atom is 0.325 e. The molecule has 0 atom stereocenters. The molecule has 0 bridgehead atoms. The number of hydrogen-bond acceptors (Lipinski definition) is 6. The van der Waals surface area contributed by atoms with E-state index in [1.807, 2.05) is 0 Å². The Bertz CT molecular complexity index is 555. The number of Topliss-reactive ketones (excluding diaryl/α,β-unsaturated/α-hetero) is 1. The highest BCUT2D eigenvalue weighted by molar-refractivity contribution is 6.36. The molecule has 1 aromatic rings. The van der Waals surface area contributed by atoms with Gasteiger partial charge < -0.3 is 10.1 Å². The molecule has 0 radical (unpaired) electrons. The fourth-order valence-electron chi connectivity index (χ4n) is 1.41. The Kier molecular flexibility index (Phi) is 5.33. The van der Waals surface area contributed by atoms with Crippen LogP contribution in [-0.4, -0.2) is 36.2 Å². The van der Waals surface area contributed by atoms with Crippen molar-refractivity contribution >= 4 is 23.3 Å². The van der Waals surface area contributed by atoms with E-state index in [2.05, 4.69) is 10.1 Å². The number of amides is 1. The largest absolute Gasteiger partial charge is 0.468 e. The molecule has 1 rings (SSSR count). The fraction of sp³-hybridized carbons (Fsp3) is 0.250. The zero-order valence-corrected chi connectivity index (χ0v) is 10.6. The van der Waals surface area contributed by atoms with Gasteiger partial charge in [0.15, 0.2) is 0 Å². The summed E-state index contributed by atoms with van der Waals surface area (Å²) in [5.74, 6) is -2.56. The number of carbonyl (C=O) groups excluding carboxylic acids is 3. The monoisotopic (exact) mass is 280 g/mol. The van der Waals surface area contributed by atoms with E-state index in [9.17, 15) is 24.5 Å². The second kappa shape index (κ2) is 6.98. The number of nitro benzene ring substituents is 1. The van der Waals surface area contributed by atoms with E-state index in [0.29, 0.717) is 0 Å². The van der Waals surface area contributed by atoms with Gasteiger partial charge in [0.2, 0.25) is 5.78 Å². The average molecular weight is 280 g/mol. The lowest BCUT2D eigenvalue weighted by Crippen LogP contribution is -2.36. The van der Waals surface area contributed by atoms with E-state index in [0.717, 1.165) is 7.11 Å². The highest BCUT2D eigenvalue weighted by Gasteiger charge is 2.20. The van der Waals surface area contributed by atoms with Gasteiger partial charge in [-0.25, -0.2) is 0 Å². The Morgan fingerprint density at radius 2 is 1.95 bits per heavy atom. The zero-order chi connectivity index (χ0) is 15.1. The standard InChI is InChI=1S/C12H12N2O6/c1-20-11(16)7-13-12(17)10(15)6-8-4-2-3-5-9(8)14(18)19/h2-5H,6-7H2,1H3,(H,13,17). The van der Waals surface area contributed by atoms with Gasteiger partial charge in [0.25, 0.3) is 11.6 Å². The maximum atomic E-state index is 11.6. The first-order chi connectivity index (χ1) is 9.45. The first-order valence-corrected chi connectivity index (χ1v) is 5.56. The van der Waals surface area contributed by atoms with Crippen molar-refractivity contribution in [2.45, 2.75) is 6.42 Å². The number of para-hydroxylation sites is 1. The maximum absolute atomic E-state index is 11.6. The van der Waals surface area contributed by atoms with E-state index >= 15 is 0 Å². The van der Waals surface area contributed by atoms with Crippen LogP contribution in [0.4, 0.5) is 5.69 Å². The zero-order valence-electron chi connectivity index (χ0n) is 10.6. The number of nitrogens with zero attached hydrogens (tertiary/aromatic N) is 1. The molecule has 0 saturated carbocycles. The van der Waals surface area contributed by atoms with Crippen molar-refractivity contribution in [2.24, 2.45) is 0 Å². The van der Waals surface area contributed by atoms with Gasteiger partial charge >= 0.3 is 5.97 Å². The molecule has 0 spiro atoms. The summed E-state index contributed by atoms with van der Waals surface area (Å²) in [5.41, 5.74) is -0.0997. The van der Waals surface area contributed by atoms with Crippen molar-refractivity contribution in [3.8, 4) is 0 Å². The summed E-state index contributed by atoms with van der Waals surface area (Å²) in [5, 5.41) is 12.8. The molecule has 0 fully saturated rings. The Labute approximate surface area is 113 Å². The third kappa shape index (κ3) is 4.16. The van der Waals surface area contributed by atoms with E-state index in [1.54, 1.807) is 0 Å². The Hall–Kier alpha value is -2.77. The molecule has 0 aliphatic carbocycles. The number of ketones is 1. The summed E-state index contributed by atoms with van der Waals surface area (Å²) in [7, 11) is 1.14. The van der Waals surface area contributed by atoms with Crippen LogP contribution in [0, 0.1) is 10.1 Å². The summed E-state index contributed by atoms with van der Waals surface area (Å²) in [6, 6.07) is 5.63. The smallest absolute Gasteiger partial charge is 0.325 e. The average Bonchev–Trinajstić information content (AvgIpc) is 2.44. The van der Waals surface area contributed by atoms with Crippen LogP contribution in [0.5, 0.6) is 0 Å². The van der Waals surface area contributed by atoms with Gasteiger partial charge in [-0.05, 0) is 0 Å². The number of hydrogen-bond donors (Lipinski definition) is 1. The van der Waals surface area contributed by atoms with Crippen LogP contribution in [0.25, 0.3) is 0 Å². The predicted octanol–water partition coefficient (Wildman–Crippen LogP) is -0.00440. The van der Waals surface area contributed by atoms with E-state index in [4.69, 9.17) is 0 Å². The van der Waals surface area contributed by atoms with Crippen LogP contribution in [0.1, 0.15) is 5.56 Å². The third-order valence-electron chi connectivity index (χ3n) is 2.41. The number of rotatable bonds is 6. The van der Waals surface area contributed by atoms with Crippen LogP contribution in [0.2, 0.25) is 0 Å². The topological polar surface area (TPSA) is 116 Å². The molecule has 0 unspecified atom stereocenters. The van der Waals surface area contributed by atoms with Crippen molar-refractivity contribution in [2.75, 3.05) is 13.7 Å². The van der Waals surface area contributed by atoms with Crippen LogP contribution in [-0.2, 0) is 25.5 Å².